The molecule has 0 saturated heterocycles. The van der Waals surface area contributed by atoms with Crippen LogP contribution in [0.15, 0.2) is 84.2 Å². The van der Waals surface area contributed by atoms with Gasteiger partial charge in [-0.3, -0.25) is 0 Å². The van der Waals surface area contributed by atoms with Crippen molar-refractivity contribution in [2.24, 2.45) is 0 Å². The van der Waals surface area contributed by atoms with Gasteiger partial charge in [0.2, 0.25) is 0 Å². The second kappa shape index (κ2) is 10.6. The highest BCUT2D eigenvalue weighted by Gasteiger charge is 2.11. The molecule has 180 valence electrons. The molecule has 0 amide bonds. The zero-order valence-corrected chi connectivity index (χ0v) is 21.2. The van der Waals surface area contributed by atoms with E-state index in [9.17, 15) is 0 Å². The molecule has 0 bridgehead atoms. The molecule has 6 nitrogen and oxygen atoms in total. The summed E-state index contributed by atoms with van der Waals surface area (Å²) in [6.45, 7) is 2.73. The largest absolute Gasteiger partial charge is 0.493 e. The van der Waals surface area contributed by atoms with Crippen LogP contribution in [0.5, 0.6) is 11.5 Å². The molecule has 5 aromatic rings. The van der Waals surface area contributed by atoms with Gasteiger partial charge in [0.05, 0.1) is 25.6 Å². The Morgan fingerprint density at radius 3 is 2.14 bits per heavy atom. The van der Waals surface area contributed by atoms with Gasteiger partial charge in [0, 0.05) is 28.6 Å². The highest BCUT2D eigenvalue weighted by Crippen LogP contribution is 2.34. The van der Waals surface area contributed by atoms with Gasteiger partial charge in [-0.1, -0.05) is 54.1 Å². The van der Waals surface area contributed by atoms with Crippen LogP contribution in [-0.4, -0.2) is 29.4 Å². The number of nitrogens with zero attached hydrogens (tertiary/aromatic N) is 3. The maximum atomic E-state index is 5.42. The Hall–Kier alpha value is -4.23. The highest BCUT2D eigenvalue weighted by atomic mass is 32.1. The van der Waals surface area contributed by atoms with Gasteiger partial charge in [0.1, 0.15) is 10.8 Å². The minimum Gasteiger partial charge on any atom is -0.493 e. The maximum Gasteiger partial charge on any atom is 0.161 e. The molecule has 1 N–H and O–H groups in total. The van der Waals surface area contributed by atoms with Crippen LogP contribution in [0.1, 0.15) is 11.1 Å². The smallest absolute Gasteiger partial charge is 0.161 e. The van der Waals surface area contributed by atoms with E-state index in [1.165, 1.54) is 5.56 Å². The van der Waals surface area contributed by atoms with E-state index in [0.717, 1.165) is 44.5 Å². The molecule has 2 heterocycles. The van der Waals surface area contributed by atoms with Crippen molar-refractivity contribution < 1.29 is 9.47 Å². The van der Waals surface area contributed by atoms with Crippen LogP contribution in [-0.2, 0) is 6.54 Å². The average molecular weight is 495 g/mol. The first-order valence-electron chi connectivity index (χ1n) is 11.5. The van der Waals surface area contributed by atoms with Crippen molar-refractivity contribution in [1.82, 2.24) is 15.2 Å². The first kappa shape index (κ1) is 23.5. The summed E-state index contributed by atoms with van der Waals surface area (Å²) in [6.07, 6.45) is 0. The Balaban J connectivity index is 1.22. The van der Waals surface area contributed by atoms with Gasteiger partial charge in [-0.05, 0) is 42.8 Å². The van der Waals surface area contributed by atoms with Crippen LogP contribution >= 0.6 is 11.3 Å². The normalized spacial score (nSPS) is 10.8. The SMILES string of the molecule is COc1ccc(-c2csc(-c3ccc(CNc4ccc(-c5ccc(C)cc5)nn4)cc3)n2)cc1OC. The van der Waals surface area contributed by atoms with Gasteiger partial charge < -0.3 is 14.8 Å². The second-order valence-electron chi connectivity index (χ2n) is 8.33. The van der Waals surface area contributed by atoms with Crippen molar-refractivity contribution in [3.05, 3.63) is 95.4 Å². The summed E-state index contributed by atoms with van der Waals surface area (Å²) < 4.78 is 10.8. The lowest BCUT2D eigenvalue weighted by Gasteiger charge is -2.08. The van der Waals surface area contributed by atoms with Gasteiger partial charge in [-0.25, -0.2) is 4.98 Å². The number of methoxy groups -OCH3 is 2. The Morgan fingerprint density at radius 1 is 0.722 bits per heavy atom. The number of aryl methyl sites for hydroxylation is 1. The monoisotopic (exact) mass is 494 g/mol. The van der Waals surface area contributed by atoms with Gasteiger partial charge >= 0.3 is 0 Å². The third-order valence-corrected chi connectivity index (χ3v) is 6.76. The number of benzene rings is 3. The zero-order valence-electron chi connectivity index (χ0n) is 20.4. The third-order valence-electron chi connectivity index (χ3n) is 5.87. The van der Waals surface area contributed by atoms with Crippen molar-refractivity contribution in [3.63, 3.8) is 0 Å². The molecule has 3 aromatic carbocycles. The van der Waals surface area contributed by atoms with E-state index in [0.29, 0.717) is 18.0 Å². The van der Waals surface area contributed by atoms with Gasteiger partial charge in [0.15, 0.2) is 11.5 Å². The summed E-state index contributed by atoms with van der Waals surface area (Å²) in [6, 6.07) is 26.5. The number of hydrogen-bond donors (Lipinski definition) is 1. The van der Waals surface area contributed by atoms with Crippen molar-refractivity contribution in [3.8, 4) is 44.6 Å². The van der Waals surface area contributed by atoms with E-state index in [4.69, 9.17) is 14.5 Å². The summed E-state index contributed by atoms with van der Waals surface area (Å²) >= 11 is 1.62. The number of anilines is 1. The van der Waals surface area contributed by atoms with Crippen molar-refractivity contribution in [2.45, 2.75) is 13.5 Å². The molecule has 0 saturated carbocycles. The first-order valence-corrected chi connectivity index (χ1v) is 12.4. The number of aromatic nitrogens is 3. The zero-order chi connectivity index (χ0) is 24.9. The Kier molecular flexibility index (Phi) is 6.91. The number of hydrogen-bond acceptors (Lipinski definition) is 7. The molecular formula is C29H26N4O2S. The van der Waals surface area contributed by atoms with Crippen LogP contribution in [0.2, 0.25) is 0 Å². The van der Waals surface area contributed by atoms with E-state index >= 15 is 0 Å². The summed E-state index contributed by atoms with van der Waals surface area (Å²) in [7, 11) is 3.27. The van der Waals surface area contributed by atoms with E-state index in [2.05, 4.69) is 76.3 Å². The van der Waals surface area contributed by atoms with E-state index in [-0.39, 0.29) is 0 Å². The summed E-state index contributed by atoms with van der Waals surface area (Å²) in [4.78, 5) is 4.83. The Morgan fingerprint density at radius 2 is 1.44 bits per heavy atom. The van der Waals surface area contributed by atoms with E-state index in [1.807, 2.05) is 30.3 Å². The van der Waals surface area contributed by atoms with E-state index < -0.39 is 0 Å². The lowest BCUT2D eigenvalue weighted by molar-refractivity contribution is 0.355. The summed E-state index contributed by atoms with van der Waals surface area (Å²) in [5.74, 6) is 2.14. The van der Waals surface area contributed by atoms with Crippen molar-refractivity contribution >= 4 is 17.2 Å². The van der Waals surface area contributed by atoms with Crippen LogP contribution < -0.4 is 14.8 Å². The molecule has 0 unspecified atom stereocenters. The fourth-order valence-electron chi connectivity index (χ4n) is 3.80. The lowest BCUT2D eigenvalue weighted by Crippen LogP contribution is -2.02. The predicted octanol–water partition coefficient (Wildman–Crippen LogP) is 6.87. The van der Waals surface area contributed by atoms with Gasteiger partial charge in [-0.15, -0.1) is 21.5 Å². The molecule has 7 heteroatoms. The van der Waals surface area contributed by atoms with Gasteiger partial charge in [-0.2, -0.15) is 0 Å². The Labute approximate surface area is 214 Å². The van der Waals surface area contributed by atoms with Crippen LogP contribution in [0.3, 0.4) is 0 Å². The van der Waals surface area contributed by atoms with Crippen LogP contribution in [0, 0.1) is 6.92 Å². The molecule has 0 atom stereocenters. The van der Waals surface area contributed by atoms with Crippen LogP contribution in [0.25, 0.3) is 33.1 Å². The second-order valence-corrected chi connectivity index (χ2v) is 9.19. The summed E-state index contributed by atoms with van der Waals surface area (Å²) in [5.41, 5.74) is 7.29. The fourth-order valence-corrected chi connectivity index (χ4v) is 4.63. The molecule has 0 spiro atoms. The van der Waals surface area contributed by atoms with Crippen molar-refractivity contribution in [1.29, 1.82) is 0 Å². The van der Waals surface area contributed by atoms with Gasteiger partial charge in [0.25, 0.3) is 0 Å². The molecule has 0 radical (unpaired) electrons. The third kappa shape index (κ3) is 5.21. The molecule has 0 fully saturated rings. The molecule has 2 aromatic heterocycles. The minimum atomic E-state index is 0.660. The summed E-state index contributed by atoms with van der Waals surface area (Å²) in [5, 5.41) is 15.1. The molecule has 5 rings (SSSR count). The quantitative estimate of drug-likeness (QED) is 0.254. The molecular weight excluding hydrogens is 468 g/mol. The van der Waals surface area contributed by atoms with E-state index in [1.54, 1.807) is 25.6 Å². The number of thiazole rings is 1. The Bertz CT molecular complexity index is 1450. The number of nitrogens with one attached hydrogen (secondary N) is 1. The van der Waals surface area contributed by atoms with Crippen LogP contribution in [0.4, 0.5) is 5.82 Å². The first-order chi connectivity index (χ1) is 17.6. The molecule has 0 aliphatic rings. The predicted molar refractivity (Wildman–Crippen MR) is 146 cm³/mol. The molecule has 0 aliphatic heterocycles. The molecule has 0 aliphatic carbocycles. The minimum absolute atomic E-state index is 0.660. The standard InChI is InChI=1S/C29H26N4O2S/c1-19-4-8-21(9-5-19)24-13-15-28(33-32-24)30-17-20-6-10-22(11-7-20)29-31-25(18-36-29)23-12-14-26(34-2)27(16-23)35-3/h4-16,18H,17H2,1-3H3,(H,30,33). The number of ether oxygens (including phenoxy) is 2. The lowest BCUT2D eigenvalue weighted by atomic mass is 10.1. The topological polar surface area (TPSA) is 69.2 Å². The highest BCUT2D eigenvalue weighted by molar-refractivity contribution is 7.13. The molecule has 36 heavy (non-hydrogen) atoms. The average Bonchev–Trinajstić information content (AvgIpc) is 3.43. The van der Waals surface area contributed by atoms with Crippen molar-refractivity contribution in [2.75, 3.05) is 19.5 Å². The fraction of sp³-hybridized carbons (Fsp3) is 0.138. The maximum absolute atomic E-state index is 5.42. The number of rotatable bonds is 8.